The third-order valence-corrected chi connectivity index (χ3v) is 2.15. The van der Waals surface area contributed by atoms with Gasteiger partial charge in [0, 0.05) is 31.9 Å². The zero-order chi connectivity index (χ0) is 10.6. The molecule has 0 aromatic carbocycles. The van der Waals surface area contributed by atoms with Crippen LogP contribution in [0.1, 0.15) is 12.6 Å². The predicted octanol–water partition coefficient (Wildman–Crippen LogP) is 1.21. The Morgan fingerprint density at radius 2 is 2.29 bits per heavy atom. The Bertz CT molecular complexity index is 273. The third-order valence-electron chi connectivity index (χ3n) is 2.15. The van der Waals surface area contributed by atoms with E-state index < -0.39 is 12.5 Å². The number of aryl methyl sites for hydroxylation is 1. The number of hydrogen-bond acceptors (Lipinski definition) is 2. The Morgan fingerprint density at radius 1 is 1.57 bits per heavy atom. The molecule has 0 aliphatic heterocycles. The molecule has 5 heteroatoms. The maximum Gasteiger partial charge on any atom is 0.253 e. The van der Waals surface area contributed by atoms with Crippen molar-refractivity contribution in [2.75, 3.05) is 6.54 Å². The van der Waals surface area contributed by atoms with Crippen molar-refractivity contribution >= 4 is 0 Å². The second-order valence-corrected chi connectivity index (χ2v) is 3.27. The van der Waals surface area contributed by atoms with Gasteiger partial charge in [-0.05, 0) is 13.0 Å². The van der Waals surface area contributed by atoms with Gasteiger partial charge >= 0.3 is 0 Å². The van der Waals surface area contributed by atoms with Crippen LogP contribution < -0.4 is 5.32 Å². The van der Waals surface area contributed by atoms with Gasteiger partial charge in [-0.3, -0.25) is 4.68 Å². The van der Waals surface area contributed by atoms with Crippen LogP contribution in [-0.4, -0.2) is 28.8 Å². The highest BCUT2D eigenvalue weighted by atomic mass is 19.3. The number of nitrogens with zero attached hydrogens (tertiary/aromatic N) is 2. The van der Waals surface area contributed by atoms with Crippen molar-refractivity contribution in [3.8, 4) is 0 Å². The smallest absolute Gasteiger partial charge is 0.253 e. The lowest BCUT2D eigenvalue weighted by atomic mass is 10.3. The monoisotopic (exact) mass is 203 g/mol. The van der Waals surface area contributed by atoms with Gasteiger partial charge in [-0.2, -0.15) is 5.10 Å². The maximum absolute atomic E-state index is 12.1. The average Bonchev–Trinajstić information content (AvgIpc) is 2.51. The van der Waals surface area contributed by atoms with E-state index in [2.05, 4.69) is 10.4 Å². The van der Waals surface area contributed by atoms with Crippen molar-refractivity contribution in [1.82, 2.24) is 15.1 Å². The molecule has 0 aliphatic carbocycles. The average molecular weight is 203 g/mol. The summed E-state index contributed by atoms with van der Waals surface area (Å²) in [5.41, 5.74) is 1.04. The minimum atomic E-state index is -2.30. The van der Waals surface area contributed by atoms with Crippen LogP contribution in [-0.2, 0) is 13.5 Å². The van der Waals surface area contributed by atoms with E-state index >= 15 is 0 Å². The van der Waals surface area contributed by atoms with E-state index in [0.717, 1.165) is 5.69 Å². The van der Waals surface area contributed by atoms with E-state index in [4.69, 9.17) is 0 Å². The summed E-state index contributed by atoms with van der Waals surface area (Å²) in [4.78, 5) is 0. The zero-order valence-corrected chi connectivity index (χ0v) is 8.37. The summed E-state index contributed by atoms with van der Waals surface area (Å²) in [6, 6.07) is 1.14. The second-order valence-electron chi connectivity index (χ2n) is 3.27. The lowest BCUT2D eigenvalue weighted by Gasteiger charge is -2.12. The molecule has 3 nitrogen and oxygen atoms in total. The van der Waals surface area contributed by atoms with Crippen LogP contribution in [0.3, 0.4) is 0 Å². The standard InChI is InChI=1S/C9H15F2N3/c1-7(9(10)11)12-5-3-8-4-6-13-14(8)2/h4,6-7,9,12H,3,5H2,1-2H3. The van der Waals surface area contributed by atoms with Crippen LogP contribution in [0.15, 0.2) is 12.3 Å². The third kappa shape index (κ3) is 3.06. The van der Waals surface area contributed by atoms with Gasteiger partial charge < -0.3 is 5.32 Å². The lowest BCUT2D eigenvalue weighted by Crippen LogP contribution is -2.34. The molecule has 1 heterocycles. The van der Waals surface area contributed by atoms with Gasteiger partial charge in [0.05, 0.1) is 6.04 Å². The summed E-state index contributed by atoms with van der Waals surface area (Å²) in [5, 5.41) is 6.75. The van der Waals surface area contributed by atoms with Crippen molar-refractivity contribution in [3.05, 3.63) is 18.0 Å². The Morgan fingerprint density at radius 3 is 2.79 bits per heavy atom. The van der Waals surface area contributed by atoms with Gasteiger partial charge in [-0.1, -0.05) is 0 Å². The van der Waals surface area contributed by atoms with Crippen LogP contribution in [0, 0.1) is 0 Å². The molecule has 0 spiro atoms. The predicted molar refractivity (Wildman–Crippen MR) is 50.4 cm³/mol. The molecule has 0 bridgehead atoms. The quantitative estimate of drug-likeness (QED) is 0.779. The van der Waals surface area contributed by atoms with Gasteiger partial charge in [0.25, 0.3) is 6.43 Å². The largest absolute Gasteiger partial charge is 0.309 e. The Kier molecular flexibility index (Phi) is 4.00. The summed E-state index contributed by atoms with van der Waals surface area (Å²) in [5.74, 6) is 0. The van der Waals surface area contributed by atoms with Crippen molar-refractivity contribution in [2.45, 2.75) is 25.8 Å². The topological polar surface area (TPSA) is 29.9 Å². The van der Waals surface area contributed by atoms with Crippen molar-refractivity contribution < 1.29 is 8.78 Å². The molecule has 80 valence electrons. The fraction of sp³-hybridized carbons (Fsp3) is 0.667. The molecule has 1 aromatic heterocycles. The van der Waals surface area contributed by atoms with Gasteiger partial charge in [0.1, 0.15) is 0 Å². The van der Waals surface area contributed by atoms with E-state index in [1.807, 2.05) is 13.1 Å². The summed E-state index contributed by atoms with van der Waals surface area (Å²) in [7, 11) is 1.84. The van der Waals surface area contributed by atoms with Crippen molar-refractivity contribution in [1.29, 1.82) is 0 Å². The number of halogens is 2. The molecular weight excluding hydrogens is 188 g/mol. The molecule has 14 heavy (non-hydrogen) atoms. The number of nitrogens with one attached hydrogen (secondary N) is 1. The first-order chi connectivity index (χ1) is 6.61. The fourth-order valence-electron chi connectivity index (χ4n) is 1.16. The summed E-state index contributed by atoms with van der Waals surface area (Å²) in [6.07, 6.45) is 0.112. The highest BCUT2D eigenvalue weighted by Crippen LogP contribution is 2.00. The SMILES string of the molecule is CC(NCCc1ccnn1C)C(F)F. The van der Waals surface area contributed by atoms with E-state index in [1.165, 1.54) is 6.92 Å². The summed E-state index contributed by atoms with van der Waals surface area (Å²) < 4.78 is 25.9. The van der Waals surface area contributed by atoms with Gasteiger partial charge in [-0.15, -0.1) is 0 Å². The number of hydrogen-bond donors (Lipinski definition) is 1. The molecule has 0 saturated carbocycles. The number of rotatable bonds is 5. The fourth-order valence-corrected chi connectivity index (χ4v) is 1.16. The molecule has 1 atom stereocenters. The van der Waals surface area contributed by atoms with Crippen molar-refractivity contribution in [3.63, 3.8) is 0 Å². The van der Waals surface area contributed by atoms with E-state index in [9.17, 15) is 8.78 Å². The Labute approximate surface area is 82.1 Å². The zero-order valence-electron chi connectivity index (χ0n) is 8.37. The molecule has 0 amide bonds. The first-order valence-corrected chi connectivity index (χ1v) is 4.59. The summed E-state index contributed by atoms with van der Waals surface area (Å²) >= 11 is 0. The first-order valence-electron chi connectivity index (χ1n) is 4.59. The summed E-state index contributed by atoms with van der Waals surface area (Å²) in [6.45, 7) is 2.03. The highest BCUT2D eigenvalue weighted by molar-refractivity contribution is 5.00. The van der Waals surface area contributed by atoms with Gasteiger partial charge in [0.15, 0.2) is 0 Å². The van der Waals surface area contributed by atoms with Gasteiger partial charge in [0.2, 0.25) is 0 Å². The minimum absolute atomic E-state index is 0.547. The first kappa shape index (κ1) is 11.1. The second kappa shape index (κ2) is 5.05. The van der Waals surface area contributed by atoms with Crippen LogP contribution in [0.25, 0.3) is 0 Å². The molecule has 0 aliphatic rings. The molecular formula is C9H15F2N3. The molecule has 0 saturated heterocycles. The highest BCUT2D eigenvalue weighted by Gasteiger charge is 2.12. The number of alkyl halides is 2. The Hall–Kier alpha value is -0.970. The van der Waals surface area contributed by atoms with E-state index in [1.54, 1.807) is 10.9 Å². The van der Waals surface area contributed by atoms with Gasteiger partial charge in [-0.25, -0.2) is 8.78 Å². The van der Waals surface area contributed by atoms with Crippen LogP contribution >= 0.6 is 0 Å². The molecule has 1 rings (SSSR count). The maximum atomic E-state index is 12.1. The van der Waals surface area contributed by atoms with E-state index in [-0.39, 0.29) is 0 Å². The van der Waals surface area contributed by atoms with Crippen molar-refractivity contribution in [2.24, 2.45) is 7.05 Å². The van der Waals surface area contributed by atoms with Crippen LogP contribution in [0.4, 0.5) is 8.78 Å². The Balaban J connectivity index is 2.25. The minimum Gasteiger partial charge on any atom is -0.309 e. The molecule has 1 N–H and O–H groups in total. The molecule has 0 fully saturated rings. The van der Waals surface area contributed by atoms with Crippen LogP contribution in [0.5, 0.6) is 0 Å². The lowest BCUT2D eigenvalue weighted by molar-refractivity contribution is 0.106. The van der Waals surface area contributed by atoms with E-state index in [0.29, 0.717) is 13.0 Å². The molecule has 1 aromatic rings. The molecule has 1 unspecified atom stereocenters. The molecule has 0 radical (unpaired) electrons. The number of aromatic nitrogens is 2. The van der Waals surface area contributed by atoms with Crippen LogP contribution in [0.2, 0.25) is 0 Å². The normalized spacial score (nSPS) is 13.5.